The number of fused-ring (bicyclic) bond motifs is 1. The van der Waals surface area contributed by atoms with E-state index in [0.717, 1.165) is 25.9 Å². The normalized spacial score (nSPS) is 20.6. The van der Waals surface area contributed by atoms with Gasteiger partial charge in [0.1, 0.15) is 5.82 Å². The fourth-order valence-electron chi connectivity index (χ4n) is 3.46. The standard InChI is InChI=1S/C18H11B8N5O2S/c1-8-27-6-12(34-8)10-3-2-9-5-28-13(4-11(9)29-10)30-14(32)7-31-15(19,20)17(23,24)33-18(25,26)16(31,21)22/h2-6H,7H2,1H3,(H,28,30,32). The molecule has 1 aliphatic heterocycles. The van der Waals surface area contributed by atoms with Crippen molar-refractivity contribution in [3.63, 3.8) is 0 Å². The van der Waals surface area contributed by atoms with Gasteiger partial charge in [0, 0.05) is 23.8 Å². The Bertz CT molecular complexity index is 1240. The van der Waals surface area contributed by atoms with Gasteiger partial charge in [-0.1, -0.05) is 0 Å². The lowest BCUT2D eigenvalue weighted by atomic mass is 9.30. The van der Waals surface area contributed by atoms with Gasteiger partial charge < -0.3 is 15.0 Å². The lowest BCUT2D eigenvalue weighted by molar-refractivity contribution is -0.131. The first kappa shape index (κ1) is 25.2. The van der Waals surface area contributed by atoms with Crippen LogP contribution in [-0.4, -0.2) is 117 Å². The summed E-state index contributed by atoms with van der Waals surface area (Å²) in [5.74, 6) is -0.455. The Labute approximate surface area is 212 Å². The van der Waals surface area contributed by atoms with E-state index in [1.54, 1.807) is 18.5 Å². The van der Waals surface area contributed by atoms with Crippen molar-refractivity contribution in [2.24, 2.45) is 0 Å². The number of hydrogen-bond donors (Lipinski definition) is 1. The first-order valence-electron chi connectivity index (χ1n) is 9.92. The molecular formula is C18H11B8N5O2S. The Kier molecular flexibility index (Phi) is 6.19. The molecule has 0 unspecified atom stereocenters. The van der Waals surface area contributed by atoms with E-state index in [2.05, 4.69) is 20.3 Å². The van der Waals surface area contributed by atoms with Crippen molar-refractivity contribution < 1.29 is 9.53 Å². The summed E-state index contributed by atoms with van der Waals surface area (Å²) >= 11 is 1.52. The van der Waals surface area contributed by atoms with E-state index in [4.69, 9.17) is 67.5 Å². The van der Waals surface area contributed by atoms with Gasteiger partial charge in [-0.3, -0.25) is 4.79 Å². The van der Waals surface area contributed by atoms with Gasteiger partial charge in [0.05, 0.1) is 90.4 Å². The molecule has 0 bridgehead atoms. The maximum atomic E-state index is 12.9. The number of aromatic nitrogens is 3. The number of anilines is 1. The molecule has 1 amide bonds. The fourth-order valence-corrected chi connectivity index (χ4v) is 4.21. The number of aryl methyl sites for hydroxylation is 1. The van der Waals surface area contributed by atoms with Crippen LogP contribution in [-0.2, 0) is 9.53 Å². The molecule has 1 saturated heterocycles. The quantitative estimate of drug-likeness (QED) is 0.480. The number of pyridine rings is 2. The number of nitrogens with one attached hydrogen (secondary N) is 1. The second-order valence-corrected chi connectivity index (χ2v) is 9.41. The van der Waals surface area contributed by atoms with Crippen LogP contribution < -0.4 is 5.32 Å². The summed E-state index contributed by atoms with van der Waals surface area (Å²) in [6.45, 7) is 1.32. The van der Waals surface area contributed by atoms with Crippen LogP contribution >= 0.6 is 11.3 Å². The van der Waals surface area contributed by atoms with E-state index in [-0.39, 0.29) is 5.82 Å². The van der Waals surface area contributed by atoms with Crippen LogP contribution in [0.15, 0.2) is 30.6 Å². The molecule has 0 atom stereocenters. The third-order valence-corrected chi connectivity index (χ3v) is 6.43. The molecule has 3 aromatic heterocycles. The Morgan fingerprint density at radius 2 is 1.68 bits per heavy atom. The lowest BCUT2D eigenvalue weighted by Crippen LogP contribution is -2.86. The maximum Gasteiger partial charge on any atom is 0.239 e. The first-order chi connectivity index (χ1) is 15.6. The highest BCUT2D eigenvalue weighted by atomic mass is 32.1. The number of rotatable bonds is 4. The molecular weight excluding hydrogens is 437 g/mol. The van der Waals surface area contributed by atoms with Crippen LogP contribution in [0.3, 0.4) is 0 Å². The summed E-state index contributed by atoms with van der Waals surface area (Å²) in [5.41, 5.74) is 1.34. The number of thiazole rings is 1. The average molecular weight is 448 g/mol. The van der Waals surface area contributed by atoms with E-state index < -0.39 is 33.9 Å². The van der Waals surface area contributed by atoms with Crippen LogP contribution in [0, 0.1) is 6.92 Å². The highest BCUT2D eigenvalue weighted by Gasteiger charge is 2.57. The van der Waals surface area contributed by atoms with Gasteiger partial charge in [0.2, 0.25) is 5.91 Å². The molecule has 1 aliphatic rings. The molecule has 0 saturated carbocycles. The van der Waals surface area contributed by atoms with E-state index in [0.29, 0.717) is 5.52 Å². The molecule has 4 heterocycles. The minimum atomic E-state index is -2.30. The van der Waals surface area contributed by atoms with Gasteiger partial charge in [-0.2, -0.15) is 0 Å². The van der Waals surface area contributed by atoms with E-state index in [1.807, 2.05) is 19.1 Å². The molecule has 3 aromatic rings. The molecule has 16 radical (unpaired) electrons. The number of hydrogen-bond acceptors (Lipinski definition) is 7. The van der Waals surface area contributed by atoms with E-state index in [9.17, 15) is 4.79 Å². The first-order valence-corrected chi connectivity index (χ1v) is 10.7. The van der Waals surface area contributed by atoms with Gasteiger partial charge in [-0.05, 0) is 40.5 Å². The lowest BCUT2D eigenvalue weighted by Gasteiger charge is -2.70. The number of ether oxygens (including phenoxy) is 1. The minimum absolute atomic E-state index is 0.203. The fraction of sp³-hybridized carbons (Fsp3) is 0.333. The third kappa shape index (κ3) is 4.29. The van der Waals surface area contributed by atoms with Crippen LogP contribution in [0.1, 0.15) is 5.01 Å². The summed E-state index contributed by atoms with van der Waals surface area (Å²) < 4.78 is 5.13. The van der Waals surface area contributed by atoms with E-state index >= 15 is 0 Å². The van der Waals surface area contributed by atoms with Crippen molar-refractivity contribution in [3.8, 4) is 10.6 Å². The van der Waals surface area contributed by atoms with Crippen molar-refractivity contribution in [2.45, 2.75) is 28.4 Å². The Hall–Kier alpha value is -1.90. The predicted octanol–water partition coefficient (Wildman–Crippen LogP) is -1.70. The van der Waals surface area contributed by atoms with Gasteiger partial charge in [0.25, 0.3) is 0 Å². The number of nitrogens with zero attached hydrogens (tertiary/aromatic N) is 4. The van der Waals surface area contributed by atoms with Gasteiger partial charge in [-0.25, -0.2) is 15.0 Å². The highest BCUT2D eigenvalue weighted by Crippen LogP contribution is 2.39. The monoisotopic (exact) mass is 449 g/mol. The van der Waals surface area contributed by atoms with Crippen molar-refractivity contribution in [2.75, 3.05) is 11.9 Å². The predicted molar refractivity (Wildman–Crippen MR) is 139 cm³/mol. The largest absolute Gasteiger partial charge is 0.406 e. The molecule has 16 heteroatoms. The minimum Gasteiger partial charge on any atom is -0.406 e. The number of carbonyl (C=O) groups is 1. The van der Waals surface area contributed by atoms with Crippen LogP contribution in [0.4, 0.5) is 5.82 Å². The van der Waals surface area contributed by atoms with E-state index in [1.165, 1.54) is 11.3 Å². The highest BCUT2D eigenvalue weighted by molar-refractivity contribution is 7.15. The zero-order valence-corrected chi connectivity index (χ0v) is 19.0. The maximum absolute atomic E-state index is 12.9. The Morgan fingerprint density at radius 3 is 2.26 bits per heavy atom. The number of carbonyl (C=O) groups excluding carboxylic acids is 1. The number of amides is 1. The van der Waals surface area contributed by atoms with Crippen LogP contribution in [0.25, 0.3) is 21.5 Å². The number of morpholine rings is 1. The van der Waals surface area contributed by atoms with Gasteiger partial charge >= 0.3 is 0 Å². The molecule has 1 N–H and O–H groups in total. The van der Waals surface area contributed by atoms with Crippen molar-refractivity contribution in [1.82, 2.24) is 19.9 Å². The van der Waals surface area contributed by atoms with Crippen molar-refractivity contribution in [1.29, 1.82) is 0 Å². The van der Waals surface area contributed by atoms with Crippen molar-refractivity contribution in [3.05, 3.63) is 35.6 Å². The van der Waals surface area contributed by atoms with Crippen molar-refractivity contribution >= 4 is 96.7 Å². The SMILES string of the molecule is [B]C1([B])OC([B])([B])C([B])([B])N(CC(=O)Nc2cc3nc(-c4cnc(C)s4)ccc3cn2)C1([B])[B]. The summed E-state index contributed by atoms with van der Waals surface area (Å²) in [6.07, 6.45) is 3.32. The zero-order valence-electron chi connectivity index (χ0n) is 18.2. The molecule has 7 nitrogen and oxygen atoms in total. The topological polar surface area (TPSA) is 80.2 Å². The summed E-state index contributed by atoms with van der Waals surface area (Å²) in [4.78, 5) is 27.7. The summed E-state index contributed by atoms with van der Waals surface area (Å²) in [7, 11) is 47.5. The molecule has 4 rings (SSSR count). The average Bonchev–Trinajstić information content (AvgIpc) is 3.16. The Morgan fingerprint density at radius 1 is 1.03 bits per heavy atom. The second-order valence-electron chi connectivity index (χ2n) is 8.18. The molecule has 34 heavy (non-hydrogen) atoms. The van der Waals surface area contributed by atoms with Crippen LogP contribution in [0.2, 0.25) is 0 Å². The van der Waals surface area contributed by atoms with Crippen LogP contribution in [0.5, 0.6) is 0 Å². The van der Waals surface area contributed by atoms with Gasteiger partial charge in [-0.15, -0.1) is 11.3 Å². The smallest absolute Gasteiger partial charge is 0.239 e. The zero-order chi connectivity index (χ0) is 25.1. The van der Waals surface area contributed by atoms with Gasteiger partial charge in [0.15, 0.2) is 0 Å². The summed E-state index contributed by atoms with van der Waals surface area (Å²) in [6, 6.07) is 5.35. The molecule has 0 aliphatic carbocycles. The summed E-state index contributed by atoms with van der Waals surface area (Å²) in [5, 5.41) is -4.74. The molecule has 150 valence electrons. The molecule has 1 fully saturated rings. The second kappa shape index (κ2) is 8.35. The molecule has 0 aromatic carbocycles. The molecule has 0 spiro atoms. The third-order valence-electron chi connectivity index (χ3n) is 5.50. The Balaban J connectivity index is 1.58.